The van der Waals surface area contributed by atoms with Crippen LogP contribution in [-0.2, 0) is 16.6 Å². The SMILES string of the molecule is Cc1cccc(Cn2nc(C)c(NC(=O)c3cc(S(=O)(=O)N4CCCCC4)c(Cl)cc3Cl)c2C)c1. The Kier molecular flexibility index (Phi) is 7.57. The summed E-state index contributed by atoms with van der Waals surface area (Å²) in [5.41, 5.74) is 4.29. The highest BCUT2D eigenvalue weighted by molar-refractivity contribution is 7.89. The summed E-state index contributed by atoms with van der Waals surface area (Å²) in [5, 5.41) is 7.53. The van der Waals surface area contributed by atoms with Crippen LogP contribution in [0, 0.1) is 20.8 Å². The molecule has 3 aromatic rings. The van der Waals surface area contributed by atoms with Crippen molar-refractivity contribution >= 4 is 44.8 Å². The van der Waals surface area contributed by atoms with E-state index in [1.165, 1.54) is 16.4 Å². The van der Waals surface area contributed by atoms with Gasteiger partial charge in [-0.05, 0) is 51.3 Å². The van der Waals surface area contributed by atoms with E-state index in [9.17, 15) is 13.2 Å². The Morgan fingerprint density at radius 3 is 2.43 bits per heavy atom. The molecule has 0 aliphatic carbocycles. The second-order valence-electron chi connectivity index (χ2n) is 8.87. The highest BCUT2D eigenvalue weighted by Crippen LogP contribution is 2.32. The maximum atomic E-state index is 13.2. The van der Waals surface area contributed by atoms with Crippen molar-refractivity contribution in [3.63, 3.8) is 0 Å². The van der Waals surface area contributed by atoms with Gasteiger partial charge in [-0.25, -0.2) is 8.42 Å². The summed E-state index contributed by atoms with van der Waals surface area (Å²) in [6, 6.07) is 10.7. The third-order valence-electron chi connectivity index (χ3n) is 6.23. The molecule has 1 saturated heterocycles. The standard InChI is InChI=1S/C25H28Cl2N4O3S/c1-16-8-7-9-19(12-16)15-31-18(3)24(17(2)29-31)28-25(32)20-13-23(22(27)14-21(20)26)35(33,34)30-10-5-4-6-11-30/h7-9,12-14H,4-6,10-11,15H2,1-3H3,(H,28,32). The van der Waals surface area contributed by atoms with Gasteiger partial charge in [0, 0.05) is 13.1 Å². The lowest BCUT2D eigenvalue weighted by atomic mass is 10.1. The van der Waals surface area contributed by atoms with Crippen LogP contribution in [0.15, 0.2) is 41.3 Å². The molecular formula is C25H28Cl2N4O3S. The molecule has 10 heteroatoms. The van der Waals surface area contributed by atoms with E-state index in [-0.39, 0.29) is 20.5 Å². The first-order valence-electron chi connectivity index (χ1n) is 11.5. The minimum absolute atomic E-state index is 0.00420. The van der Waals surface area contributed by atoms with E-state index in [1.807, 2.05) is 43.7 Å². The molecule has 0 atom stereocenters. The number of aromatic nitrogens is 2. The first-order valence-corrected chi connectivity index (χ1v) is 13.7. The second-order valence-corrected chi connectivity index (χ2v) is 11.6. The van der Waals surface area contributed by atoms with E-state index in [2.05, 4.69) is 16.5 Å². The molecule has 35 heavy (non-hydrogen) atoms. The number of aryl methyl sites for hydroxylation is 2. The zero-order valence-corrected chi connectivity index (χ0v) is 22.3. The molecule has 1 fully saturated rings. The van der Waals surface area contributed by atoms with Crippen molar-refractivity contribution < 1.29 is 13.2 Å². The monoisotopic (exact) mass is 534 g/mol. The Bertz CT molecular complexity index is 1380. The molecule has 1 aromatic heterocycles. The zero-order chi connectivity index (χ0) is 25.3. The summed E-state index contributed by atoms with van der Waals surface area (Å²) in [7, 11) is -3.84. The molecule has 1 aliphatic heterocycles. The van der Waals surface area contributed by atoms with Crippen molar-refractivity contribution in [2.24, 2.45) is 0 Å². The number of hydrogen-bond donors (Lipinski definition) is 1. The van der Waals surface area contributed by atoms with Crippen molar-refractivity contribution in [2.75, 3.05) is 18.4 Å². The average Bonchev–Trinajstić information content (AvgIpc) is 3.06. The van der Waals surface area contributed by atoms with Gasteiger partial charge in [0.15, 0.2) is 0 Å². The summed E-state index contributed by atoms with van der Waals surface area (Å²) in [6.07, 6.45) is 2.58. The lowest BCUT2D eigenvalue weighted by Gasteiger charge is -2.26. The van der Waals surface area contributed by atoms with E-state index >= 15 is 0 Å². The third kappa shape index (κ3) is 5.40. The Labute approximate surface area is 216 Å². The Balaban J connectivity index is 1.62. The van der Waals surface area contributed by atoms with Crippen LogP contribution < -0.4 is 5.32 Å². The third-order valence-corrected chi connectivity index (χ3v) is 8.91. The topological polar surface area (TPSA) is 84.3 Å². The van der Waals surface area contributed by atoms with Crippen LogP contribution >= 0.6 is 23.2 Å². The van der Waals surface area contributed by atoms with Gasteiger partial charge in [0.25, 0.3) is 5.91 Å². The fraction of sp³-hybridized carbons (Fsp3) is 0.360. The van der Waals surface area contributed by atoms with Crippen molar-refractivity contribution in [2.45, 2.75) is 51.5 Å². The Morgan fingerprint density at radius 2 is 1.74 bits per heavy atom. The zero-order valence-electron chi connectivity index (χ0n) is 19.9. The summed E-state index contributed by atoms with van der Waals surface area (Å²) in [4.78, 5) is 13.1. The first kappa shape index (κ1) is 25.7. The number of halogens is 2. The van der Waals surface area contributed by atoms with Crippen LogP contribution in [0.1, 0.15) is 52.1 Å². The molecule has 2 heterocycles. The quantitative estimate of drug-likeness (QED) is 0.446. The number of nitrogens with zero attached hydrogens (tertiary/aromatic N) is 3. The highest BCUT2D eigenvalue weighted by atomic mass is 35.5. The van der Waals surface area contributed by atoms with Crippen LogP contribution in [-0.4, -0.2) is 41.5 Å². The summed E-state index contributed by atoms with van der Waals surface area (Å²) in [5.74, 6) is -0.525. The van der Waals surface area contributed by atoms with Crippen LogP contribution in [0.4, 0.5) is 5.69 Å². The predicted octanol–water partition coefficient (Wildman–Crippen LogP) is 5.59. The molecule has 1 N–H and O–H groups in total. The average molecular weight is 535 g/mol. The van der Waals surface area contributed by atoms with E-state index in [0.717, 1.165) is 36.1 Å². The van der Waals surface area contributed by atoms with Gasteiger partial charge in [-0.2, -0.15) is 9.40 Å². The molecular weight excluding hydrogens is 507 g/mol. The number of hydrogen-bond acceptors (Lipinski definition) is 4. The van der Waals surface area contributed by atoms with Gasteiger partial charge in [-0.3, -0.25) is 9.48 Å². The summed E-state index contributed by atoms with van der Waals surface area (Å²) >= 11 is 12.6. The molecule has 4 rings (SSSR count). The van der Waals surface area contributed by atoms with Crippen LogP contribution in [0.3, 0.4) is 0 Å². The highest BCUT2D eigenvalue weighted by Gasteiger charge is 2.30. The first-order chi connectivity index (χ1) is 16.6. The van der Waals surface area contributed by atoms with Crippen LogP contribution in [0.5, 0.6) is 0 Å². The van der Waals surface area contributed by atoms with E-state index in [4.69, 9.17) is 23.2 Å². The number of nitrogens with one attached hydrogen (secondary N) is 1. The summed E-state index contributed by atoms with van der Waals surface area (Å²) < 4.78 is 29.7. The van der Waals surface area contributed by atoms with E-state index < -0.39 is 15.9 Å². The maximum absolute atomic E-state index is 13.2. The number of rotatable bonds is 6. The van der Waals surface area contributed by atoms with Gasteiger partial charge >= 0.3 is 0 Å². The van der Waals surface area contributed by atoms with Crippen LogP contribution in [0.25, 0.3) is 0 Å². The van der Waals surface area contributed by atoms with Crippen molar-refractivity contribution in [3.8, 4) is 0 Å². The fourth-order valence-electron chi connectivity index (χ4n) is 4.34. The van der Waals surface area contributed by atoms with Gasteiger partial charge in [-0.1, -0.05) is 59.5 Å². The summed E-state index contributed by atoms with van der Waals surface area (Å²) in [6.45, 7) is 7.14. The predicted molar refractivity (Wildman–Crippen MR) is 139 cm³/mol. The van der Waals surface area contributed by atoms with Gasteiger partial charge < -0.3 is 5.32 Å². The maximum Gasteiger partial charge on any atom is 0.257 e. The minimum atomic E-state index is -3.84. The molecule has 1 aliphatic rings. The molecule has 0 bridgehead atoms. The molecule has 186 valence electrons. The molecule has 7 nitrogen and oxygen atoms in total. The van der Waals surface area contributed by atoms with Crippen molar-refractivity contribution in [3.05, 3.63) is 74.5 Å². The second kappa shape index (κ2) is 10.3. The Morgan fingerprint density at radius 1 is 1.03 bits per heavy atom. The Hall–Kier alpha value is -2.39. The van der Waals surface area contributed by atoms with Gasteiger partial charge in [0.05, 0.1) is 39.2 Å². The lowest BCUT2D eigenvalue weighted by molar-refractivity contribution is 0.102. The molecule has 1 amide bonds. The molecule has 0 radical (unpaired) electrons. The minimum Gasteiger partial charge on any atom is -0.319 e. The fourth-order valence-corrected chi connectivity index (χ4v) is 6.69. The van der Waals surface area contributed by atoms with Gasteiger partial charge in [0.1, 0.15) is 4.90 Å². The van der Waals surface area contributed by atoms with Crippen molar-refractivity contribution in [1.29, 1.82) is 0 Å². The smallest absolute Gasteiger partial charge is 0.257 e. The molecule has 0 saturated carbocycles. The number of carbonyl (C=O) groups excluding carboxylic acids is 1. The van der Waals surface area contributed by atoms with Crippen LogP contribution in [0.2, 0.25) is 10.0 Å². The van der Waals surface area contributed by atoms with E-state index in [1.54, 1.807) is 0 Å². The number of amides is 1. The van der Waals surface area contributed by atoms with Gasteiger partial charge in [0.2, 0.25) is 10.0 Å². The lowest BCUT2D eigenvalue weighted by Crippen LogP contribution is -2.35. The normalized spacial score (nSPS) is 14.8. The van der Waals surface area contributed by atoms with E-state index in [0.29, 0.717) is 31.0 Å². The molecule has 0 unspecified atom stereocenters. The number of anilines is 1. The largest absolute Gasteiger partial charge is 0.319 e. The molecule has 2 aromatic carbocycles. The number of carbonyl (C=O) groups is 1. The van der Waals surface area contributed by atoms with Gasteiger partial charge in [-0.15, -0.1) is 0 Å². The number of piperidine rings is 1. The molecule has 0 spiro atoms. The number of sulfonamides is 1. The number of benzene rings is 2. The van der Waals surface area contributed by atoms with Crippen molar-refractivity contribution in [1.82, 2.24) is 14.1 Å².